The quantitative estimate of drug-likeness (QED) is 0.844. The van der Waals surface area contributed by atoms with Crippen molar-refractivity contribution in [3.63, 3.8) is 0 Å². The lowest BCUT2D eigenvalue weighted by atomic mass is 10.1. The summed E-state index contributed by atoms with van der Waals surface area (Å²) in [4.78, 5) is 2.45. The van der Waals surface area contributed by atoms with E-state index in [1.54, 1.807) is 0 Å². The molecule has 2 atom stereocenters. The second kappa shape index (κ2) is 8.44. The Kier molecular flexibility index (Phi) is 7.62. The van der Waals surface area contributed by atoms with E-state index in [9.17, 15) is 0 Å². The fraction of sp³-hybridized carbons (Fsp3) is 0.571. The number of hydrogen-bond acceptors (Lipinski definition) is 3. The third-order valence-corrected chi connectivity index (χ3v) is 4.51. The normalized spacial score (nSPS) is 22.6. The van der Waals surface area contributed by atoms with E-state index in [4.69, 9.17) is 22.1 Å². The topological polar surface area (TPSA) is 38.5 Å². The molecule has 2 unspecified atom stereocenters. The van der Waals surface area contributed by atoms with Gasteiger partial charge in [0.05, 0.1) is 4.47 Å². The Morgan fingerprint density at radius 1 is 1.50 bits per heavy atom. The number of nitrogens with two attached hydrogens (primary N) is 1. The summed E-state index contributed by atoms with van der Waals surface area (Å²) >= 11 is 9.35. The highest BCUT2D eigenvalue weighted by molar-refractivity contribution is 9.10. The van der Waals surface area contributed by atoms with Crippen molar-refractivity contribution in [3.8, 4) is 5.75 Å². The molecule has 0 radical (unpaired) electrons. The number of rotatable bonds is 5. The first-order chi connectivity index (χ1) is 9.10. The second-order valence-electron chi connectivity index (χ2n) is 5.10. The van der Waals surface area contributed by atoms with Gasteiger partial charge in [-0.3, -0.25) is 4.90 Å². The van der Waals surface area contributed by atoms with Crippen LogP contribution in [0.25, 0.3) is 0 Å². The first-order valence-electron chi connectivity index (χ1n) is 6.62. The van der Waals surface area contributed by atoms with E-state index in [-0.39, 0.29) is 12.4 Å². The third kappa shape index (κ3) is 4.78. The molecule has 1 aliphatic heterocycles. The minimum atomic E-state index is 0. The van der Waals surface area contributed by atoms with E-state index in [0.717, 1.165) is 29.9 Å². The lowest BCUT2D eigenvalue weighted by Gasteiger charge is -2.21. The van der Waals surface area contributed by atoms with Crippen molar-refractivity contribution in [3.05, 3.63) is 27.7 Å². The van der Waals surface area contributed by atoms with Gasteiger partial charge in [0.1, 0.15) is 12.4 Å². The molecule has 6 heteroatoms. The van der Waals surface area contributed by atoms with Gasteiger partial charge in [-0.2, -0.15) is 0 Å². The smallest absolute Gasteiger partial charge is 0.133 e. The first kappa shape index (κ1) is 18.1. The molecule has 1 heterocycles. The number of nitrogens with zero attached hydrogens (tertiary/aromatic N) is 1. The summed E-state index contributed by atoms with van der Waals surface area (Å²) in [6.45, 7) is 5.75. The number of halogens is 3. The molecule has 114 valence electrons. The summed E-state index contributed by atoms with van der Waals surface area (Å²) < 4.78 is 6.69. The predicted molar refractivity (Wildman–Crippen MR) is 90.1 cm³/mol. The Bertz CT molecular complexity index is 434. The van der Waals surface area contributed by atoms with Gasteiger partial charge in [-0.1, -0.05) is 11.6 Å². The maximum absolute atomic E-state index is 5.90. The molecule has 0 bridgehead atoms. The van der Waals surface area contributed by atoms with Crippen LogP contribution >= 0.6 is 39.9 Å². The van der Waals surface area contributed by atoms with Crippen molar-refractivity contribution < 1.29 is 4.74 Å². The molecule has 0 spiro atoms. The lowest BCUT2D eigenvalue weighted by molar-refractivity contribution is 0.201. The van der Waals surface area contributed by atoms with Crippen LogP contribution in [0.4, 0.5) is 0 Å². The van der Waals surface area contributed by atoms with Gasteiger partial charge >= 0.3 is 0 Å². The SMILES string of the molecule is CC1CC(CN)CN1CCOc1ccc(Cl)cc1Br.Cl. The van der Waals surface area contributed by atoms with E-state index in [1.807, 2.05) is 18.2 Å². The molecule has 20 heavy (non-hydrogen) atoms. The minimum absolute atomic E-state index is 0. The van der Waals surface area contributed by atoms with Gasteiger partial charge in [-0.25, -0.2) is 0 Å². The van der Waals surface area contributed by atoms with Crippen LogP contribution in [0.1, 0.15) is 13.3 Å². The first-order valence-corrected chi connectivity index (χ1v) is 7.79. The molecule has 1 saturated heterocycles. The van der Waals surface area contributed by atoms with E-state index < -0.39 is 0 Å². The molecule has 1 aromatic rings. The van der Waals surface area contributed by atoms with Gasteiger partial charge in [0, 0.05) is 24.2 Å². The molecule has 0 saturated carbocycles. The Morgan fingerprint density at radius 2 is 2.25 bits per heavy atom. The fourth-order valence-corrected chi connectivity index (χ4v) is 3.36. The van der Waals surface area contributed by atoms with E-state index in [1.165, 1.54) is 6.42 Å². The van der Waals surface area contributed by atoms with Crippen molar-refractivity contribution in [1.82, 2.24) is 4.90 Å². The molecule has 1 aliphatic rings. The van der Waals surface area contributed by atoms with E-state index in [2.05, 4.69) is 27.8 Å². The van der Waals surface area contributed by atoms with Crippen LogP contribution in [0.15, 0.2) is 22.7 Å². The number of hydrogen-bond donors (Lipinski definition) is 1. The van der Waals surface area contributed by atoms with Gasteiger partial charge in [0.25, 0.3) is 0 Å². The number of ether oxygens (including phenoxy) is 1. The summed E-state index contributed by atoms with van der Waals surface area (Å²) in [5.74, 6) is 1.48. The highest BCUT2D eigenvalue weighted by atomic mass is 79.9. The van der Waals surface area contributed by atoms with Crippen LogP contribution in [-0.4, -0.2) is 37.2 Å². The predicted octanol–water partition coefficient (Wildman–Crippen LogP) is 3.57. The van der Waals surface area contributed by atoms with Crippen LogP contribution < -0.4 is 10.5 Å². The highest BCUT2D eigenvalue weighted by Gasteiger charge is 2.27. The van der Waals surface area contributed by atoms with Gasteiger partial charge in [0.15, 0.2) is 0 Å². The maximum Gasteiger partial charge on any atom is 0.133 e. The summed E-state index contributed by atoms with van der Waals surface area (Å²) in [5, 5.41) is 0.707. The zero-order valence-electron chi connectivity index (χ0n) is 11.5. The maximum atomic E-state index is 5.90. The van der Waals surface area contributed by atoms with Gasteiger partial charge < -0.3 is 10.5 Å². The molecule has 0 aliphatic carbocycles. The summed E-state index contributed by atoms with van der Waals surface area (Å²) in [6, 6.07) is 6.18. The Morgan fingerprint density at radius 3 is 2.85 bits per heavy atom. The molecule has 1 fully saturated rings. The Hall–Kier alpha value is -0.0000000000000000555. The summed E-state index contributed by atoms with van der Waals surface area (Å²) in [5.41, 5.74) is 5.74. The third-order valence-electron chi connectivity index (χ3n) is 3.65. The lowest BCUT2D eigenvalue weighted by Crippen LogP contribution is -2.32. The largest absolute Gasteiger partial charge is 0.491 e. The zero-order chi connectivity index (χ0) is 13.8. The van der Waals surface area contributed by atoms with Crippen LogP contribution in [0.3, 0.4) is 0 Å². The van der Waals surface area contributed by atoms with Crippen LogP contribution in [0.2, 0.25) is 5.02 Å². The molecule has 2 rings (SSSR count). The van der Waals surface area contributed by atoms with E-state index >= 15 is 0 Å². The molecule has 2 N–H and O–H groups in total. The molecule has 1 aromatic carbocycles. The Balaban J connectivity index is 0.00000200. The van der Waals surface area contributed by atoms with Gasteiger partial charge in [0.2, 0.25) is 0 Å². The van der Waals surface area contributed by atoms with Crippen molar-refractivity contribution in [1.29, 1.82) is 0 Å². The summed E-state index contributed by atoms with van der Waals surface area (Å²) in [7, 11) is 0. The number of likely N-dealkylation sites (tertiary alicyclic amines) is 1. The van der Waals surface area contributed by atoms with Crippen molar-refractivity contribution in [2.45, 2.75) is 19.4 Å². The molecule has 0 aromatic heterocycles. The average Bonchev–Trinajstić information content (AvgIpc) is 2.73. The molecule has 3 nitrogen and oxygen atoms in total. The second-order valence-corrected chi connectivity index (χ2v) is 6.40. The Labute approximate surface area is 140 Å². The average molecular weight is 384 g/mol. The van der Waals surface area contributed by atoms with Crippen LogP contribution in [0.5, 0.6) is 5.75 Å². The van der Waals surface area contributed by atoms with Gasteiger partial charge in [-0.05, 0) is 59.9 Å². The fourth-order valence-electron chi connectivity index (χ4n) is 2.57. The van der Waals surface area contributed by atoms with Crippen molar-refractivity contribution >= 4 is 39.9 Å². The zero-order valence-corrected chi connectivity index (χ0v) is 14.7. The number of benzene rings is 1. The minimum Gasteiger partial charge on any atom is -0.491 e. The van der Waals surface area contributed by atoms with Crippen molar-refractivity contribution in [2.75, 3.05) is 26.2 Å². The van der Waals surface area contributed by atoms with Gasteiger partial charge in [-0.15, -0.1) is 12.4 Å². The van der Waals surface area contributed by atoms with Crippen molar-refractivity contribution in [2.24, 2.45) is 11.7 Å². The van der Waals surface area contributed by atoms with Crippen LogP contribution in [0, 0.1) is 5.92 Å². The van der Waals surface area contributed by atoms with E-state index in [0.29, 0.717) is 23.6 Å². The van der Waals surface area contributed by atoms with Crippen LogP contribution in [-0.2, 0) is 0 Å². The highest BCUT2D eigenvalue weighted by Crippen LogP contribution is 2.28. The molecular formula is C14H21BrCl2N2O. The standard InChI is InChI=1S/C14H20BrClN2O.ClH/c1-10-6-11(8-17)9-18(10)4-5-19-14-3-2-12(16)7-13(14)15;/h2-3,7,10-11H,4-6,8-9,17H2,1H3;1H. The molecular weight excluding hydrogens is 363 g/mol. The molecule has 0 amide bonds. The monoisotopic (exact) mass is 382 g/mol. The summed E-state index contributed by atoms with van der Waals surface area (Å²) in [6.07, 6.45) is 1.20.